The van der Waals surface area contributed by atoms with E-state index in [-0.39, 0.29) is 0 Å². The first kappa shape index (κ1) is 10.9. The number of carbonyl (C=O) groups is 2. The van der Waals surface area contributed by atoms with Crippen LogP contribution >= 0.6 is 11.6 Å². The third-order valence-electron chi connectivity index (χ3n) is 2.33. The highest BCUT2D eigenvalue weighted by atomic mass is 35.5. The van der Waals surface area contributed by atoms with E-state index in [1.807, 2.05) is 18.2 Å². The van der Waals surface area contributed by atoms with Crippen LogP contribution in [0.25, 0.3) is 6.08 Å². The minimum absolute atomic E-state index is 0.443. The van der Waals surface area contributed by atoms with Crippen molar-refractivity contribution in [2.24, 2.45) is 0 Å². The maximum atomic E-state index is 11.4. The van der Waals surface area contributed by atoms with Crippen molar-refractivity contribution in [3.8, 4) is 0 Å². The summed E-state index contributed by atoms with van der Waals surface area (Å²) < 4.78 is 0. The Labute approximate surface area is 98.1 Å². The smallest absolute Gasteiger partial charge is 0.296 e. The van der Waals surface area contributed by atoms with Crippen LogP contribution in [0.3, 0.4) is 0 Å². The number of ketones is 1. The Morgan fingerprint density at radius 2 is 2.12 bits per heavy atom. The first-order valence-corrected chi connectivity index (χ1v) is 5.48. The molecule has 1 aromatic carbocycles. The standard InChI is InChI=1S/C12H10ClNO2/c13-6-2-1-3-8-4-5-10-9(7-8)11(15)12(16)14-10/h1,3-5,7H,2,6H2,(H,14,15,16). The quantitative estimate of drug-likeness (QED) is 0.646. The van der Waals surface area contributed by atoms with Gasteiger partial charge in [0, 0.05) is 5.88 Å². The zero-order valence-corrected chi connectivity index (χ0v) is 9.25. The van der Waals surface area contributed by atoms with Crippen molar-refractivity contribution < 1.29 is 9.59 Å². The lowest BCUT2D eigenvalue weighted by molar-refractivity contribution is -0.112. The monoisotopic (exact) mass is 235 g/mol. The second-order valence-electron chi connectivity index (χ2n) is 3.47. The molecule has 1 aliphatic heterocycles. The maximum Gasteiger partial charge on any atom is 0.296 e. The number of benzene rings is 1. The number of Topliss-reactive ketones (excluding diaryl/α,β-unsaturated/α-hetero) is 1. The number of halogens is 1. The summed E-state index contributed by atoms with van der Waals surface area (Å²) in [6.07, 6.45) is 4.60. The van der Waals surface area contributed by atoms with Gasteiger partial charge in [-0.3, -0.25) is 9.59 Å². The van der Waals surface area contributed by atoms with Crippen LogP contribution in [0, 0.1) is 0 Å². The summed E-state index contributed by atoms with van der Waals surface area (Å²) in [5.74, 6) is -0.458. The average Bonchev–Trinajstić information content (AvgIpc) is 2.56. The molecule has 1 aliphatic rings. The van der Waals surface area contributed by atoms with Gasteiger partial charge in [0.1, 0.15) is 0 Å². The van der Waals surface area contributed by atoms with Crippen LogP contribution in [0.1, 0.15) is 22.3 Å². The molecule has 1 amide bonds. The van der Waals surface area contributed by atoms with Gasteiger partial charge in [-0.05, 0) is 24.1 Å². The van der Waals surface area contributed by atoms with Crippen molar-refractivity contribution in [3.05, 3.63) is 35.4 Å². The molecular formula is C12H10ClNO2. The minimum atomic E-state index is -0.558. The summed E-state index contributed by atoms with van der Waals surface area (Å²) in [5, 5.41) is 2.51. The molecule has 4 heteroatoms. The Morgan fingerprint density at radius 3 is 2.88 bits per heavy atom. The fraction of sp³-hybridized carbons (Fsp3) is 0.167. The van der Waals surface area contributed by atoms with Crippen molar-refractivity contribution in [2.45, 2.75) is 6.42 Å². The van der Waals surface area contributed by atoms with Gasteiger partial charge in [0.05, 0.1) is 11.3 Å². The van der Waals surface area contributed by atoms with E-state index in [9.17, 15) is 9.59 Å². The van der Waals surface area contributed by atoms with Gasteiger partial charge < -0.3 is 5.32 Å². The van der Waals surface area contributed by atoms with Crippen molar-refractivity contribution >= 4 is 35.1 Å². The van der Waals surface area contributed by atoms with Crippen molar-refractivity contribution in [1.82, 2.24) is 0 Å². The van der Waals surface area contributed by atoms with Crippen LogP contribution in [0.5, 0.6) is 0 Å². The van der Waals surface area contributed by atoms with Gasteiger partial charge in [0.15, 0.2) is 0 Å². The fourth-order valence-corrected chi connectivity index (χ4v) is 1.67. The molecule has 2 rings (SSSR count). The molecule has 0 radical (unpaired) electrons. The molecular weight excluding hydrogens is 226 g/mol. The third-order valence-corrected chi connectivity index (χ3v) is 2.55. The van der Waals surface area contributed by atoms with Crippen LogP contribution < -0.4 is 5.32 Å². The van der Waals surface area contributed by atoms with E-state index in [4.69, 9.17) is 11.6 Å². The summed E-state index contributed by atoms with van der Waals surface area (Å²) in [4.78, 5) is 22.5. The lowest BCUT2D eigenvalue weighted by atomic mass is 10.1. The average molecular weight is 236 g/mol. The molecule has 0 unspecified atom stereocenters. The minimum Gasteiger partial charge on any atom is -0.318 e. The molecule has 0 saturated heterocycles. The summed E-state index contributed by atoms with van der Waals surface area (Å²) >= 11 is 5.54. The number of nitrogens with one attached hydrogen (secondary N) is 1. The first-order valence-electron chi connectivity index (χ1n) is 4.94. The van der Waals surface area contributed by atoms with E-state index in [2.05, 4.69) is 5.32 Å². The van der Waals surface area contributed by atoms with Crippen molar-refractivity contribution in [1.29, 1.82) is 0 Å². The molecule has 3 nitrogen and oxygen atoms in total. The van der Waals surface area contributed by atoms with E-state index < -0.39 is 11.7 Å². The maximum absolute atomic E-state index is 11.4. The van der Waals surface area contributed by atoms with E-state index in [0.717, 1.165) is 12.0 Å². The second-order valence-corrected chi connectivity index (χ2v) is 3.85. The molecule has 0 fully saturated rings. The molecule has 16 heavy (non-hydrogen) atoms. The summed E-state index contributed by atoms with van der Waals surface area (Å²) in [6.45, 7) is 0. The number of rotatable bonds is 3. The van der Waals surface area contributed by atoms with Crippen molar-refractivity contribution in [3.63, 3.8) is 0 Å². The van der Waals surface area contributed by atoms with Gasteiger partial charge in [-0.25, -0.2) is 0 Å². The molecule has 0 aliphatic carbocycles. The van der Waals surface area contributed by atoms with E-state index in [1.54, 1.807) is 12.1 Å². The number of alkyl halides is 1. The molecule has 0 atom stereocenters. The van der Waals surface area contributed by atoms with Crippen LogP contribution in [0.2, 0.25) is 0 Å². The number of hydrogen-bond acceptors (Lipinski definition) is 2. The lowest BCUT2D eigenvalue weighted by Crippen LogP contribution is -2.12. The summed E-state index contributed by atoms with van der Waals surface area (Å²) in [7, 11) is 0. The SMILES string of the molecule is O=C1Nc2ccc(C=CCCCl)cc2C1=O. The Bertz CT molecular complexity index is 480. The highest BCUT2D eigenvalue weighted by Gasteiger charge is 2.27. The Morgan fingerprint density at radius 1 is 1.31 bits per heavy atom. The molecule has 1 heterocycles. The number of allylic oxidation sites excluding steroid dienone is 1. The molecule has 1 N–H and O–H groups in total. The highest BCUT2D eigenvalue weighted by molar-refractivity contribution is 6.51. The topological polar surface area (TPSA) is 46.2 Å². The van der Waals surface area contributed by atoms with Crippen molar-refractivity contribution in [2.75, 3.05) is 11.2 Å². The molecule has 0 spiro atoms. The second kappa shape index (κ2) is 4.49. The molecule has 0 bridgehead atoms. The van der Waals surface area contributed by atoms with E-state index in [0.29, 0.717) is 17.1 Å². The Balaban J connectivity index is 2.27. The number of fused-ring (bicyclic) bond motifs is 1. The van der Waals surface area contributed by atoms with E-state index in [1.165, 1.54) is 0 Å². The van der Waals surface area contributed by atoms with Crippen LogP contribution in [-0.4, -0.2) is 17.6 Å². The number of carbonyl (C=O) groups excluding carboxylic acids is 2. The molecule has 0 saturated carbocycles. The number of anilines is 1. The first-order chi connectivity index (χ1) is 7.72. The predicted molar refractivity (Wildman–Crippen MR) is 63.8 cm³/mol. The van der Waals surface area contributed by atoms with Crippen LogP contribution in [0.4, 0.5) is 5.69 Å². The summed E-state index contributed by atoms with van der Waals surface area (Å²) in [5.41, 5.74) is 1.93. The Kier molecular flexibility index (Phi) is 3.06. The molecule has 0 aromatic heterocycles. The van der Waals surface area contributed by atoms with Crippen LogP contribution in [0.15, 0.2) is 24.3 Å². The zero-order valence-electron chi connectivity index (χ0n) is 8.50. The van der Waals surface area contributed by atoms with Gasteiger partial charge in [0.25, 0.3) is 11.7 Å². The van der Waals surface area contributed by atoms with Gasteiger partial charge in [0.2, 0.25) is 0 Å². The lowest BCUT2D eigenvalue weighted by Gasteiger charge is -1.98. The largest absolute Gasteiger partial charge is 0.318 e. The predicted octanol–water partition coefficient (Wildman–Crippen LogP) is 2.46. The van der Waals surface area contributed by atoms with Gasteiger partial charge >= 0.3 is 0 Å². The van der Waals surface area contributed by atoms with Gasteiger partial charge in [-0.2, -0.15) is 0 Å². The highest BCUT2D eigenvalue weighted by Crippen LogP contribution is 2.24. The normalized spacial score (nSPS) is 14.3. The van der Waals surface area contributed by atoms with E-state index >= 15 is 0 Å². The molecule has 1 aromatic rings. The fourth-order valence-electron chi connectivity index (χ4n) is 1.55. The Hall–Kier alpha value is -1.61. The van der Waals surface area contributed by atoms with Gasteiger partial charge in [-0.15, -0.1) is 11.6 Å². The summed E-state index contributed by atoms with van der Waals surface area (Å²) in [6, 6.07) is 5.29. The van der Waals surface area contributed by atoms with Gasteiger partial charge in [-0.1, -0.05) is 18.2 Å². The number of hydrogen-bond donors (Lipinski definition) is 1. The zero-order chi connectivity index (χ0) is 11.5. The van der Waals surface area contributed by atoms with Crippen LogP contribution in [-0.2, 0) is 4.79 Å². The third kappa shape index (κ3) is 1.99. The number of amides is 1. The molecule has 82 valence electrons.